The van der Waals surface area contributed by atoms with Crippen LogP contribution in [0.3, 0.4) is 0 Å². The zero-order valence-electron chi connectivity index (χ0n) is 12.6. The van der Waals surface area contributed by atoms with Crippen LogP contribution in [0.25, 0.3) is 0 Å². The monoisotopic (exact) mass is 262 g/mol. The Morgan fingerprint density at radius 2 is 1.84 bits per heavy atom. The van der Waals surface area contributed by atoms with Crippen LogP contribution in [0.4, 0.5) is 5.95 Å². The number of hydrogen-bond acceptors (Lipinski definition) is 4. The topological polar surface area (TPSA) is 41.1 Å². The van der Waals surface area contributed by atoms with E-state index in [0.29, 0.717) is 11.5 Å². The number of nitrogens with zero attached hydrogens (tertiary/aromatic N) is 3. The van der Waals surface area contributed by atoms with Crippen molar-refractivity contribution in [1.82, 2.24) is 15.3 Å². The quantitative estimate of drug-likeness (QED) is 0.905. The van der Waals surface area contributed by atoms with Crippen molar-refractivity contribution < 1.29 is 0 Å². The first-order valence-corrected chi connectivity index (χ1v) is 7.20. The van der Waals surface area contributed by atoms with Gasteiger partial charge in [0.05, 0.1) is 0 Å². The van der Waals surface area contributed by atoms with Gasteiger partial charge in [-0.2, -0.15) is 0 Å². The van der Waals surface area contributed by atoms with Gasteiger partial charge in [-0.3, -0.25) is 0 Å². The lowest BCUT2D eigenvalue weighted by atomic mass is 9.75. The Bertz CT molecular complexity index is 389. The van der Waals surface area contributed by atoms with Crippen molar-refractivity contribution in [3.63, 3.8) is 0 Å². The minimum Gasteiger partial charge on any atom is -0.341 e. The highest BCUT2D eigenvalue weighted by Gasteiger charge is 2.29. The molecule has 0 saturated heterocycles. The minimum atomic E-state index is 0.509. The molecule has 0 bridgehead atoms. The summed E-state index contributed by atoms with van der Waals surface area (Å²) in [5, 5.41) is 3.11. The van der Waals surface area contributed by atoms with E-state index in [1.807, 2.05) is 19.4 Å². The molecule has 19 heavy (non-hydrogen) atoms. The van der Waals surface area contributed by atoms with Crippen molar-refractivity contribution in [2.24, 2.45) is 5.41 Å². The lowest BCUT2D eigenvalue weighted by Gasteiger charge is -2.38. The Labute approximate surface area is 116 Å². The van der Waals surface area contributed by atoms with Crippen LogP contribution in [0.1, 0.15) is 45.1 Å². The predicted molar refractivity (Wildman–Crippen MR) is 79.2 cm³/mol. The molecule has 106 valence electrons. The van der Waals surface area contributed by atoms with Crippen molar-refractivity contribution in [3.8, 4) is 0 Å². The smallest absolute Gasteiger partial charge is 0.225 e. The Morgan fingerprint density at radius 1 is 1.26 bits per heavy atom. The summed E-state index contributed by atoms with van der Waals surface area (Å²) in [4.78, 5) is 11.2. The lowest BCUT2D eigenvalue weighted by Crippen LogP contribution is -2.38. The fourth-order valence-corrected chi connectivity index (χ4v) is 2.76. The number of hydrogen-bond donors (Lipinski definition) is 1. The van der Waals surface area contributed by atoms with Crippen LogP contribution in [0.2, 0.25) is 0 Å². The highest BCUT2D eigenvalue weighted by Crippen LogP contribution is 2.37. The fourth-order valence-electron chi connectivity index (χ4n) is 2.76. The van der Waals surface area contributed by atoms with E-state index in [1.165, 1.54) is 25.7 Å². The van der Waals surface area contributed by atoms with Gasteiger partial charge in [0.2, 0.25) is 5.95 Å². The van der Waals surface area contributed by atoms with Crippen molar-refractivity contribution in [2.45, 2.75) is 52.1 Å². The molecule has 2 rings (SSSR count). The Morgan fingerprint density at radius 3 is 2.37 bits per heavy atom. The van der Waals surface area contributed by atoms with Crippen LogP contribution >= 0.6 is 0 Å². The van der Waals surface area contributed by atoms with Gasteiger partial charge < -0.3 is 10.2 Å². The van der Waals surface area contributed by atoms with Gasteiger partial charge in [0, 0.05) is 37.6 Å². The molecular weight excluding hydrogens is 236 g/mol. The fraction of sp³-hybridized carbons (Fsp3) is 0.733. The number of rotatable bonds is 4. The third kappa shape index (κ3) is 3.66. The first kappa shape index (κ1) is 14.3. The standard InChI is InChI=1S/C15H26N4/c1-15(2)7-5-13(6-8-15)19(4)14-17-10-12(9-16-3)11-18-14/h10-11,13,16H,5-9H2,1-4H3. The SMILES string of the molecule is CNCc1cnc(N(C)C2CCC(C)(C)CC2)nc1. The normalized spacial score (nSPS) is 19.4. The Kier molecular flexibility index (Phi) is 4.40. The van der Waals surface area contributed by atoms with E-state index >= 15 is 0 Å². The second-order valence-electron chi connectivity index (χ2n) is 6.43. The zero-order valence-corrected chi connectivity index (χ0v) is 12.6. The highest BCUT2D eigenvalue weighted by atomic mass is 15.2. The Hall–Kier alpha value is -1.16. The van der Waals surface area contributed by atoms with Crippen LogP contribution in [0.15, 0.2) is 12.4 Å². The summed E-state index contributed by atoms with van der Waals surface area (Å²) in [5.41, 5.74) is 1.64. The van der Waals surface area contributed by atoms with Gasteiger partial charge in [0.25, 0.3) is 0 Å². The minimum absolute atomic E-state index is 0.509. The van der Waals surface area contributed by atoms with Crippen molar-refractivity contribution in [1.29, 1.82) is 0 Å². The van der Waals surface area contributed by atoms with Crippen LogP contribution in [0.5, 0.6) is 0 Å². The maximum absolute atomic E-state index is 4.48. The largest absolute Gasteiger partial charge is 0.341 e. The first-order chi connectivity index (χ1) is 9.02. The van der Waals surface area contributed by atoms with E-state index in [9.17, 15) is 0 Å². The van der Waals surface area contributed by atoms with Gasteiger partial charge in [-0.05, 0) is 38.1 Å². The Balaban J connectivity index is 1.97. The second kappa shape index (κ2) is 5.87. The molecule has 1 saturated carbocycles. The van der Waals surface area contributed by atoms with Crippen molar-refractivity contribution in [2.75, 3.05) is 19.0 Å². The molecule has 1 aromatic rings. The summed E-state index contributed by atoms with van der Waals surface area (Å²) in [6.07, 6.45) is 8.90. The van der Waals surface area contributed by atoms with Gasteiger partial charge in [-0.15, -0.1) is 0 Å². The molecule has 0 atom stereocenters. The van der Waals surface area contributed by atoms with Crippen LogP contribution in [0, 0.1) is 5.41 Å². The van der Waals surface area contributed by atoms with Crippen LogP contribution < -0.4 is 10.2 Å². The highest BCUT2D eigenvalue weighted by molar-refractivity contribution is 5.30. The maximum Gasteiger partial charge on any atom is 0.225 e. The second-order valence-corrected chi connectivity index (χ2v) is 6.43. The van der Waals surface area contributed by atoms with Gasteiger partial charge in [-0.25, -0.2) is 9.97 Å². The van der Waals surface area contributed by atoms with E-state index < -0.39 is 0 Å². The van der Waals surface area contributed by atoms with Crippen molar-refractivity contribution in [3.05, 3.63) is 18.0 Å². The summed E-state index contributed by atoms with van der Waals surface area (Å²) in [7, 11) is 4.06. The summed E-state index contributed by atoms with van der Waals surface area (Å²) in [5.74, 6) is 0.851. The summed E-state index contributed by atoms with van der Waals surface area (Å²) in [6.45, 7) is 5.56. The number of aromatic nitrogens is 2. The zero-order chi connectivity index (χ0) is 13.9. The van der Waals surface area contributed by atoms with Crippen LogP contribution in [-0.4, -0.2) is 30.1 Å². The molecule has 1 heterocycles. The van der Waals surface area contributed by atoms with E-state index in [0.717, 1.165) is 18.1 Å². The van der Waals surface area contributed by atoms with Gasteiger partial charge in [0.1, 0.15) is 0 Å². The molecule has 0 aliphatic heterocycles. The molecule has 1 aromatic heterocycles. The molecule has 1 aliphatic carbocycles. The maximum atomic E-state index is 4.48. The average molecular weight is 262 g/mol. The summed E-state index contributed by atoms with van der Waals surface area (Å²) >= 11 is 0. The van der Waals surface area contributed by atoms with E-state index in [2.05, 4.69) is 41.1 Å². The molecular formula is C15H26N4. The molecule has 1 N–H and O–H groups in total. The third-order valence-electron chi connectivity index (χ3n) is 4.24. The molecule has 4 nitrogen and oxygen atoms in total. The molecule has 1 aliphatic rings. The van der Waals surface area contributed by atoms with Crippen LogP contribution in [-0.2, 0) is 6.54 Å². The molecule has 0 spiro atoms. The molecule has 4 heteroatoms. The van der Waals surface area contributed by atoms with Crippen molar-refractivity contribution >= 4 is 5.95 Å². The molecule has 0 unspecified atom stereocenters. The predicted octanol–water partition coefficient (Wildman–Crippen LogP) is 2.60. The lowest BCUT2D eigenvalue weighted by molar-refractivity contribution is 0.222. The third-order valence-corrected chi connectivity index (χ3v) is 4.24. The van der Waals surface area contributed by atoms with E-state index in [1.54, 1.807) is 0 Å². The van der Waals surface area contributed by atoms with E-state index in [4.69, 9.17) is 0 Å². The van der Waals surface area contributed by atoms with Gasteiger partial charge in [-0.1, -0.05) is 13.8 Å². The summed E-state index contributed by atoms with van der Waals surface area (Å²) < 4.78 is 0. The number of anilines is 1. The van der Waals surface area contributed by atoms with Gasteiger partial charge in [0.15, 0.2) is 0 Å². The molecule has 1 fully saturated rings. The van der Waals surface area contributed by atoms with Gasteiger partial charge >= 0.3 is 0 Å². The first-order valence-electron chi connectivity index (χ1n) is 7.20. The molecule has 0 radical (unpaired) electrons. The summed E-state index contributed by atoms with van der Waals surface area (Å²) in [6, 6.07) is 0.586. The average Bonchev–Trinajstić information content (AvgIpc) is 2.39. The number of nitrogens with one attached hydrogen (secondary N) is 1. The molecule has 0 aromatic carbocycles. The molecule has 0 amide bonds. The van der Waals surface area contributed by atoms with E-state index in [-0.39, 0.29) is 0 Å².